The predicted molar refractivity (Wildman–Crippen MR) is 62.8 cm³/mol. The van der Waals surface area contributed by atoms with Gasteiger partial charge in [0.15, 0.2) is 0 Å². The van der Waals surface area contributed by atoms with Gasteiger partial charge in [0.2, 0.25) is 0 Å². The smallest absolute Gasteiger partial charge is 0.124 e. The molecule has 1 rings (SSSR count). The van der Waals surface area contributed by atoms with Gasteiger partial charge in [-0.2, -0.15) is 0 Å². The third kappa shape index (κ3) is 3.44. The van der Waals surface area contributed by atoms with E-state index in [0.29, 0.717) is 16.3 Å². The van der Waals surface area contributed by atoms with E-state index in [2.05, 4.69) is 0 Å². The number of hydrogen-bond acceptors (Lipinski definition) is 2. The molecule has 0 aliphatic carbocycles. The van der Waals surface area contributed by atoms with Gasteiger partial charge < -0.3 is 10.5 Å². The second-order valence-electron chi connectivity index (χ2n) is 4.27. The molecule has 1 aromatic rings. The van der Waals surface area contributed by atoms with Crippen LogP contribution in [0, 0.1) is 5.41 Å². The summed E-state index contributed by atoms with van der Waals surface area (Å²) in [5, 5.41) is 7.71. The van der Waals surface area contributed by atoms with Crippen molar-refractivity contribution >= 4 is 17.4 Å². The van der Waals surface area contributed by atoms with Gasteiger partial charge >= 0.3 is 0 Å². The van der Waals surface area contributed by atoms with Gasteiger partial charge in [0.1, 0.15) is 17.2 Å². The van der Waals surface area contributed by atoms with Crippen LogP contribution in [-0.4, -0.2) is 11.4 Å². The van der Waals surface area contributed by atoms with Crippen LogP contribution in [0.1, 0.15) is 26.3 Å². The number of halogens is 1. The molecule has 0 spiro atoms. The van der Waals surface area contributed by atoms with Crippen LogP contribution in [0.15, 0.2) is 18.2 Å². The van der Waals surface area contributed by atoms with Crippen molar-refractivity contribution in [3.05, 3.63) is 28.8 Å². The number of hydrogen-bond donors (Lipinski definition) is 2. The second kappa shape index (κ2) is 4.11. The summed E-state index contributed by atoms with van der Waals surface area (Å²) in [6.45, 7) is 5.87. The maximum atomic E-state index is 7.28. The van der Waals surface area contributed by atoms with E-state index in [0.717, 1.165) is 0 Å². The molecule has 0 aromatic heterocycles. The van der Waals surface area contributed by atoms with E-state index < -0.39 is 0 Å². The van der Waals surface area contributed by atoms with E-state index in [1.807, 2.05) is 20.8 Å². The molecule has 0 heterocycles. The number of rotatable bonds is 2. The molecule has 0 aliphatic heterocycles. The van der Waals surface area contributed by atoms with Crippen molar-refractivity contribution in [2.75, 3.05) is 0 Å². The molecule has 0 bridgehead atoms. The highest BCUT2D eigenvalue weighted by molar-refractivity contribution is 6.34. The third-order valence-corrected chi connectivity index (χ3v) is 1.97. The zero-order valence-electron chi connectivity index (χ0n) is 9.10. The SMILES string of the molecule is CC(C)(C)Oc1ccc(C(=N)N)c(Cl)c1. The summed E-state index contributed by atoms with van der Waals surface area (Å²) in [5.41, 5.74) is 5.61. The first kappa shape index (κ1) is 11.9. The van der Waals surface area contributed by atoms with Crippen LogP contribution in [0.25, 0.3) is 0 Å². The van der Waals surface area contributed by atoms with Gasteiger partial charge in [0, 0.05) is 5.56 Å². The number of ether oxygens (including phenoxy) is 1. The number of nitrogen functional groups attached to an aromatic ring is 1. The molecular formula is C11H15ClN2O. The lowest BCUT2D eigenvalue weighted by atomic mass is 10.1. The molecule has 0 saturated carbocycles. The molecule has 15 heavy (non-hydrogen) atoms. The van der Waals surface area contributed by atoms with Gasteiger partial charge in [0.05, 0.1) is 5.02 Å². The molecule has 0 unspecified atom stereocenters. The summed E-state index contributed by atoms with van der Waals surface area (Å²) < 4.78 is 5.62. The van der Waals surface area contributed by atoms with Crippen LogP contribution in [0.3, 0.4) is 0 Å². The van der Waals surface area contributed by atoms with Crippen molar-refractivity contribution in [3.63, 3.8) is 0 Å². The zero-order valence-corrected chi connectivity index (χ0v) is 9.85. The third-order valence-electron chi connectivity index (χ3n) is 1.65. The van der Waals surface area contributed by atoms with Gasteiger partial charge in [-0.15, -0.1) is 0 Å². The van der Waals surface area contributed by atoms with E-state index >= 15 is 0 Å². The quantitative estimate of drug-likeness (QED) is 0.602. The summed E-state index contributed by atoms with van der Waals surface area (Å²) >= 11 is 5.95. The Hall–Kier alpha value is -1.22. The Morgan fingerprint density at radius 3 is 2.40 bits per heavy atom. The monoisotopic (exact) mass is 226 g/mol. The van der Waals surface area contributed by atoms with Gasteiger partial charge in [0.25, 0.3) is 0 Å². The van der Waals surface area contributed by atoms with Crippen LogP contribution in [-0.2, 0) is 0 Å². The average Bonchev–Trinajstić information content (AvgIpc) is 1.99. The number of benzene rings is 1. The van der Waals surface area contributed by atoms with Crippen LogP contribution in [0.4, 0.5) is 0 Å². The van der Waals surface area contributed by atoms with Crippen molar-refractivity contribution < 1.29 is 4.74 Å². The fourth-order valence-corrected chi connectivity index (χ4v) is 1.40. The first-order chi connectivity index (χ1) is 6.79. The Kier molecular flexibility index (Phi) is 3.25. The summed E-state index contributed by atoms with van der Waals surface area (Å²) in [6.07, 6.45) is 0. The number of nitrogens with one attached hydrogen (secondary N) is 1. The van der Waals surface area contributed by atoms with Crippen molar-refractivity contribution in [1.82, 2.24) is 0 Å². The minimum Gasteiger partial charge on any atom is -0.488 e. The average molecular weight is 227 g/mol. The van der Waals surface area contributed by atoms with Gasteiger partial charge in [-0.25, -0.2) is 0 Å². The summed E-state index contributed by atoms with van der Waals surface area (Å²) in [6, 6.07) is 5.11. The maximum absolute atomic E-state index is 7.28. The summed E-state index contributed by atoms with van der Waals surface area (Å²) in [4.78, 5) is 0. The molecule has 0 atom stereocenters. The first-order valence-electron chi connectivity index (χ1n) is 4.62. The van der Waals surface area contributed by atoms with Crippen LogP contribution < -0.4 is 10.5 Å². The second-order valence-corrected chi connectivity index (χ2v) is 4.68. The molecule has 0 fully saturated rings. The first-order valence-corrected chi connectivity index (χ1v) is 5.00. The molecule has 3 N–H and O–H groups in total. The maximum Gasteiger partial charge on any atom is 0.124 e. The molecule has 0 saturated heterocycles. The highest BCUT2D eigenvalue weighted by atomic mass is 35.5. The lowest BCUT2D eigenvalue weighted by Crippen LogP contribution is -2.23. The number of amidine groups is 1. The van der Waals surface area contributed by atoms with Crippen LogP contribution in [0.5, 0.6) is 5.75 Å². The van der Waals surface area contributed by atoms with E-state index in [1.165, 1.54) is 0 Å². The zero-order chi connectivity index (χ0) is 11.6. The fourth-order valence-electron chi connectivity index (χ4n) is 1.13. The molecule has 4 heteroatoms. The van der Waals surface area contributed by atoms with Gasteiger partial charge in [-0.1, -0.05) is 11.6 Å². The Labute approximate surface area is 94.7 Å². The van der Waals surface area contributed by atoms with E-state index in [-0.39, 0.29) is 11.4 Å². The summed E-state index contributed by atoms with van der Waals surface area (Å²) in [7, 11) is 0. The summed E-state index contributed by atoms with van der Waals surface area (Å²) in [5.74, 6) is 0.639. The van der Waals surface area contributed by atoms with Crippen molar-refractivity contribution in [1.29, 1.82) is 5.41 Å². The van der Waals surface area contributed by atoms with E-state index in [4.69, 9.17) is 27.5 Å². The highest BCUT2D eigenvalue weighted by Crippen LogP contribution is 2.25. The van der Waals surface area contributed by atoms with E-state index in [9.17, 15) is 0 Å². The van der Waals surface area contributed by atoms with Gasteiger partial charge in [-0.05, 0) is 39.0 Å². The number of nitrogens with two attached hydrogens (primary N) is 1. The Morgan fingerprint density at radius 2 is 2.00 bits per heavy atom. The molecule has 1 aromatic carbocycles. The van der Waals surface area contributed by atoms with Crippen LogP contribution >= 0.6 is 11.6 Å². The largest absolute Gasteiger partial charge is 0.488 e. The molecule has 0 amide bonds. The minimum atomic E-state index is -0.263. The Balaban J connectivity index is 2.97. The standard InChI is InChI=1S/C11H15ClN2O/c1-11(2,3)15-7-4-5-8(10(13)14)9(12)6-7/h4-6H,1-3H3,(H3,13,14). The lowest BCUT2D eigenvalue weighted by molar-refractivity contribution is 0.131. The van der Waals surface area contributed by atoms with Crippen molar-refractivity contribution in [3.8, 4) is 5.75 Å². The van der Waals surface area contributed by atoms with Crippen molar-refractivity contribution in [2.45, 2.75) is 26.4 Å². The van der Waals surface area contributed by atoms with Gasteiger partial charge in [-0.3, -0.25) is 5.41 Å². The molecule has 0 radical (unpaired) electrons. The molecule has 82 valence electrons. The predicted octanol–water partition coefficient (Wildman–Crippen LogP) is 2.80. The fraction of sp³-hybridized carbons (Fsp3) is 0.364. The lowest BCUT2D eigenvalue weighted by Gasteiger charge is -2.21. The molecule has 3 nitrogen and oxygen atoms in total. The molecule has 0 aliphatic rings. The normalized spacial score (nSPS) is 11.2. The van der Waals surface area contributed by atoms with Crippen molar-refractivity contribution in [2.24, 2.45) is 5.73 Å². The topological polar surface area (TPSA) is 59.1 Å². The van der Waals surface area contributed by atoms with Crippen LogP contribution in [0.2, 0.25) is 5.02 Å². The molecular weight excluding hydrogens is 212 g/mol. The van der Waals surface area contributed by atoms with E-state index in [1.54, 1.807) is 18.2 Å². The highest BCUT2D eigenvalue weighted by Gasteiger charge is 2.13. The Morgan fingerprint density at radius 1 is 1.40 bits per heavy atom. The minimum absolute atomic E-state index is 0.0395. The Bertz CT molecular complexity index is 383.